The Hall–Kier alpha value is -1.86. The van der Waals surface area contributed by atoms with Crippen LogP contribution < -0.4 is 5.32 Å². The van der Waals surface area contributed by atoms with E-state index < -0.39 is 0 Å². The Balaban J connectivity index is 1.67. The number of nitrogens with zero attached hydrogens (tertiary/aromatic N) is 3. The summed E-state index contributed by atoms with van der Waals surface area (Å²) in [5.74, 6) is 0.289. The van der Waals surface area contributed by atoms with Crippen LogP contribution in [0.4, 0.5) is 10.8 Å². The lowest BCUT2D eigenvalue weighted by molar-refractivity contribution is -0.113. The van der Waals surface area contributed by atoms with E-state index in [1.807, 2.05) is 35.7 Å². The highest BCUT2D eigenvalue weighted by Gasteiger charge is 2.16. The molecular weight excluding hydrogens is 352 g/mol. The predicted octanol–water partition coefficient (Wildman–Crippen LogP) is 4.38. The Bertz CT molecular complexity index is 680. The van der Waals surface area contributed by atoms with E-state index in [-0.39, 0.29) is 5.91 Å². The molecule has 2 aromatic rings. The Kier molecular flexibility index (Phi) is 6.88. The molecule has 1 amide bonds. The average molecular weight is 375 g/mol. The maximum atomic E-state index is 12.2. The third kappa shape index (κ3) is 5.86. The average Bonchev–Trinajstić information content (AvgIpc) is 2.99. The number of carbonyl (C=O) groups is 1. The van der Waals surface area contributed by atoms with E-state index in [2.05, 4.69) is 15.2 Å². The zero-order chi connectivity index (χ0) is 17.3. The van der Waals surface area contributed by atoms with Gasteiger partial charge in [0.1, 0.15) is 0 Å². The molecule has 0 aliphatic carbocycles. The number of anilines is 1. The number of para-hydroxylation sites is 1. The molecule has 1 saturated heterocycles. The molecule has 2 heterocycles. The lowest BCUT2D eigenvalue weighted by Gasteiger charge is -2.23. The van der Waals surface area contributed by atoms with Crippen molar-refractivity contribution in [3.05, 3.63) is 41.9 Å². The standard InChI is InChI=1S/C18H22N4OS2/c23-16(21-17-19-10-13-24-17)14-25-18(20-15-8-4-3-5-9-15)22-11-6-1-2-7-12-22/h3-5,8-10,13H,1-2,6-7,11-12,14H2,(H,19,21,23). The molecule has 5 nitrogen and oxygen atoms in total. The molecule has 1 fully saturated rings. The quantitative estimate of drug-likeness (QED) is 0.637. The fourth-order valence-corrected chi connectivity index (χ4v) is 4.05. The molecule has 25 heavy (non-hydrogen) atoms. The molecule has 0 bridgehead atoms. The highest BCUT2D eigenvalue weighted by atomic mass is 32.2. The minimum absolute atomic E-state index is 0.0458. The fraction of sp³-hybridized carbons (Fsp3) is 0.389. The van der Waals surface area contributed by atoms with E-state index in [0.29, 0.717) is 10.9 Å². The van der Waals surface area contributed by atoms with Gasteiger partial charge in [0.05, 0.1) is 11.4 Å². The summed E-state index contributed by atoms with van der Waals surface area (Å²) >= 11 is 2.93. The molecule has 0 saturated carbocycles. The molecular formula is C18H22N4OS2. The van der Waals surface area contributed by atoms with Crippen LogP contribution in [-0.4, -0.2) is 39.8 Å². The number of rotatable bonds is 4. The van der Waals surface area contributed by atoms with Crippen molar-refractivity contribution in [2.75, 3.05) is 24.2 Å². The van der Waals surface area contributed by atoms with Crippen LogP contribution in [0.2, 0.25) is 0 Å². The van der Waals surface area contributed by atoms with Crippen LogP contribution in [0.3, 0.4) is 0 Å². The summed E-state index contributed by atoms with van der Waals surface area (Å²) in [5.41, 5.74) is 0.926. The Morgan fingerprint density at radius 3 is 2.64 bits per heavy atom. The lowest BCUT2D eigenvalue weighted by Crippen LogP contribution is -2.31. The molecule has 0 radical (unpaired) electrons. The molecule has 0 unspecified atom stereocenters. The molecule has 1 aromatic heterocycles. The van der Waals surface area contributed by atoms with E-state index in [4.69, 9.17) is 4.99 Å². The van der Waals surface area contributed by atoms with Crippen molar-refractivity contribution in [3.8, 4) is 0 Å². The number of nitrogens with one attached hydrogen (secondary N) is 1. The van der Waals surface area contributed by atoms with Crippen LogP contribution >= 0.6 is 23.1 Å². The van der Waals surface area contributed by atoms with E-state index in [1.54, 1.807) is 6.20 Å². The summed E-state index contributed by atoms with van der Waals surface area (Å²) < 4.78 is 0. The maximum absolute atomic E-state index is 12.2. The SMILES string of the molecule is O=C(CSC(=Nc1ccccc1)N1CCCCCC1)Nc1nccs1. The number of aromatic nitrogens is 1. The monoisotopic (exact) mass is 374 g/mol. The molecule has 0 spiro atoms. The predicted molar refractivity (Wildman–Crippen MR) is 107 cm³/mol. The van der Waals surface area contributed by atoms with E-state index >= 15 is 0 Å². The van der Waals surface area contributed by atoms with Gasteiger partial charge >= 0.3 is 0 Å². The normalized spacial score (nSPS) is 15.7. The van der Waals surface area contributed by atoms with Gasteiger partial charge in [-0.15, -0.1) is 11.3 Å². The molecule has 1 aliphatic heterocycles. The molecule has 1 N–H and O–H groups in total. The number of hydrogen-bond donors (Lipinski definition) is 1. The molecule has 3 rings (SSSR count). The third-order valence-electron chi connectivity index (χ3n) is 3.87. The number of thiazole rings is 1. The van der Waals surface area contributed by atoms with Gasteiger partial charge < -0.3 is 10.2 Å². The van der Waals surface area contributed by atoms with Gasteiger partial charge in [-0.3, -0.25) is 4.79 Å². The van der Waals surface area contributed by atoms with Crippen LogP contribution in [0.1, 0.15) is 25.7 Å². The Morgan fingerprint density at radius 1 is 1.20 bits per heavy atom. The van der Waals surface area contributed by atoms with Crippen LogP contribution in [0, 0.1) is 0 Å². The van der Waals surface area contributed by atoms with Crippen LogP contribution in [0.25, 0.3) is 0 Å². The van der Waals surface area contributed by atoms with Crippen molar-refractivity contribution in [1.29, 1.82) is 0 Å². The number of amides is 1. The third-order valence-corrected chi connectivity index (χ3v) is 5.57. The zero-order valence-corrected chi connectivity index (χ0v) is 15.7. The number of hydrogen-bond acceptors (Lipinski definition) is 5. The largest absolute Gasteiger partial charge is 0.351 e. The van der Waals surface area contributed by atoms with Gasteiger partial charge in [-0.25, -0.2) is 9.98 Å². The molecule has 132 valence electrons. The van der Waals surface area contributed by atoms with E-state index in [9.17, 15) is 4.79 Å². The summed E-state index contributed by atoms with van der Waals surface area (Å²) in [5, 5.41) is 6.25. The lowest BCUT2D eigenvalue weighted by atomic mass is 10.2. The molecule has 1 aliphatic rings. The number of benzene rings is 1. The summed E-state index contributed by atoms with van der Waals surface area (Å²) in [6.07, 6.45) is 6.58. The van der Waals surface area contributed by atoms with Gasteiger partial charge in [-0.1, -0.05) is 42.8 Å². The van der Waals surface area contributed by atoms with Gasteiger partial charge in [0.15, 0.2) is 10.3 Å². The first-order chi connectivity index (χ1) is 12.3. The van der Waals surface area contributed by atoms with Crippen molar-refractivity contribution in [2.45, 2.75) is 25.7 Å². The second kappa shape index (κ2) is 9.58. The molecule has 7 heteroatoms. The topological polar surface area (TPSA) is 57.6 Å². The highest BCUT2D eigenvalue weighted by Crippen LogP contribution is 2.21. The van der Waals surface area contributed by atoms with E-state index in [1.165, 1.54) is 48.8 Å². The molecule has 0 atom stereocenters. The number of amidine groups is 1. The van der Waals surface area contributed by atoms with Crippen LogP contribution in [-0.2, 0) is 4.79 Å². The number of thioether (sulfide) groups is 1. The smallest absolute Gasteiger partial charge is 0.236 e. The van der Waals surface area contributed by atoms with Gasteiger partial charge in [0.2, 0.25) is 5.91 Å². The van der Waals surface area contributed by atoms with Gasteiger partial charge in [0, 0.05) is 24.7 Å². The van der Waals surface area contributed by atoms with Crippen molar-refractivity contribution < 1.29 is 4.79 Å². The van der Waals surface area contributed by atoms with Gasteiger partial charge in [-0.05, 0) is 25.0 Å². The maximum Gasteiger partial charge on any atom is 0.236 e. The van der Waals surface area contributed by atoms with Crippen molar-refractivity contribution in [2.24, 2.45) is 4.99 Å². The zero-order valence-electron chi connectivity index (χ0n) is 14.1. The van der Waals surface area contributed by atoms with Crippen LogP contribution in [0.5, 0.6) is 0 Å². The first-order valence-electron chi connectivity index (χ1n) is 8.52. The van der Waals surface area contributed by atoms with E-state index in [0.717, 1.165) is 23.9 Å². The first-order valence-corrected chi connectivity index (χ1v) is 10.4. The highest BCUT2D eigenvalue weighted by molar-refractivity contribution is 8.14. The Labute approximate surface area is 156 Å². The number of aliphatic imine (C=N–C) groups is 1. The number of likely N-dealkylation sites (tertiary alicyclic amines) is 1. The second-order valence-electron chi connectivity index (χ2n) is 5.81. The van der Waals surface area contributed by atoms with Crippen LogP contribution in [0.15, 0.2) is 46.9 Å². The van der Waals surface area contributed by atoms with Crippen molar-refractivity contribution in [1.82, 2.24) is 9.88 Å². The summed E-state index contributed by atoms with van der Waals surface area (Å²) in [7, 11) is 0. The first kappa shape index (κ1) is 17.9. The van der Waals surface area contributed by atoms with Gasteiger partial charge in [0.25, 0.3) is 0 Å². The Morgan fingerprint density at radius 2 is 1.96 bits per heavy atom. The minimum atomic E-state index is -0.0458. The summed E-state index contributed by atoms with van der Waals surface area (Å²) in [4.78, 5) is 23.4. The van der Waals surface area contributed by atoms with Gasteiger partial charge in [-0.2, -0.15) is 0 Å². The second-order valence-corrected chi connectivity index (χ2v) is 7.64. The minimum Gasteiger partial charge on any atom is -0.351 e. The fourth-order valence-electron chi connectivity index (χ4n) is 2.64. The molecule has 1 aromatic carbocycles. The summed E-state index contributed by atoms with van der Waals surface area (Å²) in [6.45, 7) is 2.01. The summed E-state index contributed by atoms with van der Waals surface area (Å²) in [6, 6.07) is 9.94. The van der Waals surface area contributed by atoms with Crippen molar-refractivity contribution >= 4 is 45.0 Å². The number of carbonyl (C=O) groups excluding carboxylic acids is 1. The van der Waals surface area contributed by atoms with Crippen molar-refractivity contribution in [3.63, 3.8) is 0 Å².